The zero-order valence-corrected chi connectivity index (χ0v) is 21.3. The molecule has 2 fully saturated rings. The van der Waals surface area contributed by atoms with Crippen LogP contribution in [0.1, 0.15) is 71.1 Å². The lowest BCUT2D eigenvalue weighted by atomic mass is 10.1. The van der Waals surface area contributed by atoms with Gasteiger partial charge in [-0.05, 0) is 70.4 Å². The minimum Gasteiger partial charge on any atom is -0.491 e. The highest BCUT2D eigenvalue weighted by Gasteiger charge is 2.24. The molecule has 1 amide bonds. The zero-order valence-electron chi connectivity index (χ0n) is 20.4. The van der Waals surface area contributed by atoms with Crippen LogP contribution < -0.4 is 10.1 Å². The third-order valence-corrected chi connectivity index (χ3v) is 6.47. The van der Waals surface area contributed by atoms with Crippen molar-refractivity contribution in [2.75, 3.05) is 51.2 Å². The first-order valence-electron chi connectivity index (χ1n) is 12.9. The molecule has 7 heteroatoms. The number of nitrogens with one attached hydrogen (secondary N) is 1. The van der Waals surface area contributed by atoms with E-state index in [0.717, 1.165) is 45.7 Å². The Morgan fingerprint density at radius 1 is 0.909 bits per heavy atom. The largest absolute Gasteiger partial charge is 0.491 e. The van der Waals surface area contributed by atoms with Gasteiger partial charge in [0.2, 0.25) is 0 Å². The van der Waals surface area contributed by atoms with E-state index in [1.54, 1.807) is 0 Å². The molecule has 33 heavy (non-hydrogen) atoms. The smallest absolute Gasteiger partial charge is 0.412 e. The molecule has 6 nitrogen and oxygen atoms in total. The van der Waals surface area contributed by atoms with Crippen molar-refractivity contribution in [1.82, 2.24) is 9.80 Å². The predicted octanol–water partition coefficient (Wildman–Crippen LogP) is 5.96. The van der Waals surface area contributed by atoms with Crippen molar-refractivity contribution >= 4 is 24.2 Å². The molecule has 0 bridgehead atoms. The van der Waals surface area contributed by atoms with Gasteiger partial charge >= 0.3 is 6.09 Å². The monoisotopic (exact) mass is 481 g/mol. The summed E-state index contributed by atoms with van der Waals surface area (Å²) in [5, 5.41) is 2.94. The number of likely N-dealkylation sites (tertiary alicyclic amines) is 2. The van der Waals surface area contributed by atoms with E-state index >= 15 is 0 Å². The average molecular weight is 482 g/mol. The summed E-state index contributed by atoms with van der Waals surface area (Å²) >= 11 is 0. The van der Waals surface area contributed by atoms with Gasteiger partial charge in [0.1, 0.15) is 11.9 Å². The fraction of sp³-hybridized carbons (Fsp3) is 0.731. The van der Waals surface area contributed by atoms with E-state index in [0.29, 0.717) is 18.0 Å². The summed E-state index contributed by atoms with van der Waals surface area (Å²) in [6, 6.07) is 7.65. The van der Waals surface area contributed by atoms with Crippen LogP contribution in [0.25, 0.3) is 0 Å². The summed E-state index contributed by atoms with van der Waals surface area (Å²) < 4.78 is 11.9. The van der Waals surface area contributed by atoms with E-state index in [9.17, 15) is 4.79 Å². The van der Waals surface area contributed by atoms with Gasteiger partial charge in [-0.2, -0.15) is 0 Å². The van der Waals surface area contributed by atoms with Crippen LogP contribution in [0, 0.1) is 0 Å². The van der Waals surface area contributed by atoms with Crippen molar-refractivity contribution < 1.29 is 14.3 Å². The van der Waals surface area contributed by atoms with Crippen molar-refractivity contribution in [3.8, 4) is 5.75 Å². The van der Waals surface area contributed by atoms with Gasteiger partial charge in [-0.15, -0.1) is 12.4 Å². The third-order valence-electron chi connectivity index (χ3n) is 6.47. The topological polar surface area (TPSA) is 54.0 Å². The minimum absolute atomic E-state index is 0. The molecule has 0 unspecified atom stereocenters. The van der Waals surface area contributed by atoms with E-state index in [2.05, 4.69) is 22.0 Å². The number of amides is 1. The number of rotatable bonds is 12. The Kier molecular flexibility index (Phi) is 13.6. The van der Waals surface area contributed by atoms with E-state index < -0.39 is 0 Å². The molecule has 2 heterocycles. The number of hydrogen-bond donors (Lipinski definition) is 1. The Morgan fingerprint density at radius 2 is 1.52 bits per heavy atom. The summed E-state index contributed by atoms with van der Waals surface area (Å²) in [6.07, 6.45) is 11.7. The summed E-state index contributed by atoms with van der Waals surface area (Å²) in [4.78, 5) is 17.8. The third kappa shape index (κ3) is 10.5. The highest BCUT2D eigenvalue weighted by Crippen LogP contribution is 2.24. The quantitative estimate of drug-likeness (QED) is 0.373. The number of nitrogens with zero attached hydrogens (tertiary/aromatic N) is 2. The summed E-state index contributed by atoms with van der Waals surface area (Å²) in [6.45, 7) is 8.94. The van der Waals surface area contributed by atoms with Crippen LogP contribution in [-0.2, 0) is 4.74 Å². The number of piperidine rings is 2. The number of anilines is 1. The van der Waals surface area contributed by atoms with Crippen LogP contribution in [0.4, 0.5) is 10.5 Å². The van der Waals surface area contributed by atoms with Crippen molar-refractivity contribution in [2.24, 2.45) is 0 Å². The van der Waals surface area contributed by atoms with E-state index in [1.165, 1.54) is 57.8 Å². The molecule has 0 aliphatic carbocycles. The summed E-state index contributed by atoms with van der Waals surface area (Å²) in [7, 11) is 0. The molecule has 0 aromatic heterocycles. The van der Waals surface area contributed by atoms with Crippen molar-refractivity contribution in [1.29, 1.82) is 0 Å². The van der Waals surface area contributed by atoms with Gasteiger partial charge in [0.25, 0.3) is 0 Å². The van der Waals surface area contributed by atoms with Gasteiger partial charge in [-0.3, -0.25) is 15.1 Å². The first-order valence-corrected chi connectivity index (χ1v) is 12.9. The lowest BCUT2D eigenvalue weighted by Crippen LogP contribution is -2.46. The minimum atomic E-state index is -0.383. The fourth-order valence-electron chi connectivity index (χ4n) is 4.69. The molecule has 1 aromatic rings. The molecular weight excluding hydrogens is 438 g/mol. The van der Waals surface area contributed by atoms with Gasteiger partial charge in [0.15, 0.2) is 0 Å². The van der Waals surface area contributed by atoms with Crippen LogP contribution >= 0.6 is 12.4 Å². The van der Waals surface area contributed by atoms with Crippen molar-refractivity contribution in [2.45, 2.75) is 77.2 Å². The Bertz CT molecular complexity index is 644. The average Bonchev–Trinajstić information content (AvgIpc) is 2.81. The molecule has 2 aliphatic rings. The van der Waals surface area contributed by atoms with Crippen LogP contribution in [0.5, 0.6) is 5.75 Å². The molecule has 0 saturated carbocycles. The molecule has 0 radical (unpaired) electrons. The normalized spacial score (nSPS) is 17.4. The molecule has 188 valence electrons. The van der Waals surface area contributed by atoms with Gasteiger partial charge in [-0.1, -0.05) is 51.2 Å². The second-order valence-corrected chi connectivity index (χ2v) is 9.28. The number of benzene rings is 1. The molecular formula is C26H44ClN3O3. The Labute approximate surface area is 206 Å². The van der Waals surface area contributed by atoms with Crippen LogP contribution in [0.15, 0.2) is 24.3 Å². The van der Waals surface area contributed by atoms with Crippen LogP contribution in [0.2, 0.25) is 0 Å². The van der Waals surface area contributed by atoms with Crippen molar-refractivity contribution in [3.05, 3.63) is 24.3 Å². The molecule has 0 spiro atoms. The number of para-hydroxylation sites is 2. The Balaban J connectivity index is 0.00000385. The molecule has 3 rings (SSSR count). The number of carbonyl (C=O) groups excluding carboxylic acids is 1. The second kappa shape index (κ2) is 16.2. The lowest BCUT2D eigenvalue weighted by Gasteiger charge is -2.34. The highest BCUT2D eigenvalue weighted by atomic mass is 35.5. The number of hydrogen-bond acceptors (Lipinski definition) is 5. The van der Waals surface area contributed by atoms with E-state index in [4.69, 9.17) is 9.47 Å². The number of carbonyl (C=O) groups is 1. The van der Waals surface area contributed by atoms with E-state index in [-0.39, 0.29) is 24.6 Å². The Hall–Kier alpha value is -1.50. The Morgan fingerprint density at radius 3 is 2.12 bits per heavy atom. The van der Waals surface area contributed by atoms with Crippen molar-refractivity contribution in [3.63, 3.8) is 0 Å². The SMILES string of the molecule is CCCCCCOc1ccccc1NC(=O)OC(CN1CCCCC1)CN1CCCCC1.Cl. The first kappa shape index (κ1) is 27.7. The van der Waals surface area contributed by atoms with Crippen LogP contribution in [0.3, 0.4) is 0 Å². The standard InChI is InChI=1S/C26H43N3O3.ClH/c1-2-3-4-13-20-31-25-15-8-7-14-24(25)27-26(30)32-23(21-28-16-9-5-10-17-28)22-29-18-11-6-12-19-29;/h7-8,14-15,23H,2-6,9-13,16-22H2,1H3,(H,27,30);1H. The maximum Gasteiger partial charge on any atom is 0.412 e. The van der Waals surface area contributed by atoms with Gasteiger partial charge in [0.05, 0.1) is 12.3 Å². The summed E-state index contributed by atoms with van der Waals surface area (Å²) in [5.41, 5.74) is 0.683. The number of unbranched alkanes of at least 4 members (excludes halogenated alkanes) is 3. The maximum atomic E-state index is 12.8. The van der Waals surface area contributed by atoms with Crippen LogP contribution in [-0.4, -0.2) is 67.9 Å². The van der Waals surface area contributed by atoms with Gasteiger partial charge in [-0.25, -0.2) is 4.79 Å². The first-order chi connectivity index (χ1) is 15.7. The molecule has 1 aromatic carbocycles. The number of halogens is 1. The zero-order chi connectivity index (χ0) is 22.4. The lowest BCUT2D eigenvalue weighted by molar-refractivity contribution is 0.0438. The molecule has 2 saturated heterocycles. The molecule has 1 N–H and O–H groups in total. The molecule has 0 atom stereocenters. The summed E-state index contributed by atoms with van der Waals surface area (Å²) in [5.74, 6) is 0.713. The van der Waals surface area contributed by atoms with E-state index in [1.807, 2.05) is 24.3 Å². The number of ether oxygens (including phenoxy) is 2. The second-order valence-electron chi connectivity index (χ2n) is 9.28. The maximum absolute atomic E-state index is 12.8. The predicted molar refractivity (Wildman–Crippen MR) is 138 cm³/mol. The molecule has 2 aliphatic heterocycles. The highest BCUT2D eigenvalue weighted by molar-refractivity contribution is 5.86. The fourth-order valence-corrected chi connectivity index (χ4v) is 4.69. The van der Waals surface area contributed by atoms with Gasteiger partial charge < -0.3 is 9.47 Å². The van der Waals surface area contributed by atoms with Gasteiger partial charge in [0, 0.05) is 13.1 Å².